The molecule has 28 heavy (non-hydrogen) atoms. The second kappa shape index (κ2) is 7.64. The van der Waals surface area contributed by atoms with Crippen molar-refractivity contribution >= 4 is 5.91 Å². The molecule has 5 nitrogen and oxygen atoms in total. The van der Waals surface area contributed by atoms with Gasteiger partial charge in [-0.3, -0.25) is 14.7 Å². The maximum atomic E-state index is 13.0. The fourth-order valence-corrected chi connectivity index (χ4v) is 5.04. The van der Waals surface area contributed by atoms with Gasteiger partial charge in [-0.05, 0) is 44.6 Å². The lowest BCUT2D eigenvalue weighted by Gasteiger charge is -2.32. The van der Waals surface area contributed by atoms with E-state index in [0.29, 0.717) is 11.5 Å². The molecule has 0 unspecified atom stereocenters. The first-order chi connectivity index (χ1) is 13.4. The number of rotatable bonds is 5. The summed E-state index contributed by atoms with van der Waals surface area (Å²) in [6.45, 7) is 7.71. The highest BCUT2D eigenvalue weighted by atomic mass is 16.2. The predicted molar refractivity (Wildman–Crippen MR) is 111 cm³/mol. The number of aryl methyl sites for hydroxylation is 1. The molecule has 2 aliphatic rings. The molecule has 5 heteroatoms. The van der Waals surface area contributed by atoms with E-state index in [-0.39, 0.29) is 11.3 Å². The minimum Gasteiger partial charge on any atom is -0.338 e. The van der Waals surface area contributed by atoms with Gasteiger partial charge in [0, 0.05) is 56.6 Å². The highest BCUT2D eigenvalue weighted by molar-refractivity contribution is 5.94. The summed E-state index contributed by atoms with van der Waals surface area (Å²) in [5.41, 5.74) is 3.15. The number of nitrogens with zero attached hydrogens (tertiary/aromatic N) is 4. The van der Waals surface area contributed by atoms with Gasteiger partial charge in [0.1, 0.15) is 0 Å². The number of likely N-dealkylation sites (tertiary alicyclic amines) is 2. The Labute approximate surface area is 168 Å². The van der Waals surface area contributed by atoms with Crippen LogP contribution < -0.4 is 0 Å². The summed E-state index contributed by atoms with van der Waals surface area (Å²) < 4.78 is 0. The Morgan fingerprint density at radius 1 is 1.14 bits per heavy atom. The van der Waals surface area contributed by atoms with Gasteiger partial charge in [-0.25, -0.2) is 0 Å². The smallest absolute Gasteiger partial charge is 0.255 e. The van der Waals surface area contributed by atoms with Gasteiger partial charge >= 0.3 is 0 Å². The van der Waals surface area contributed by atoms with Crippen molar-refractivity contribution in [3.8, 4) is 0 Å². The normalized spacial score (nSPS) is 24.7. The van der Waals surface area contributed by atoms with Crippen LogP contribution in [-0.4, -0.2) is 72.4 Å². The monoisotopic (exact) mass is 378 g/mol. The summed E-state index contributed by atoms with van der Waals surface area (Å²) in [6, 6.07) is 14.5. The number of carbonyl (C=O) groups excluding carboxylic acids is 1. The first-order valence-electron chi connectivity index (χ1n) is 10.1. The summed E-state index contributed by atoms with van der Waals surface area (Å²) in [5, 5.41) is 0. The molecule has 2 atom stereocenters. The second-order valence-corrected chi connectivity index (χ2v) is 8.83. The molecule has 1 aromatic carbocycles. The van der Waals surface area contributed by atoms with Gasteiger partial charge < -0.3 is 9.80 Å². The van der Waals surface area contributed by atoms with Gasteiger partial charge in [-0.1, -0.05) is 30.3 Å². The number of hydrogen-bond acceptors (Lipinski definition) is 4. The maximum absolute atomic E-state index is 13.0. The quantitative estimate of drug-likeness (QED) is 0.802. The Balaban J connectivity index is 1.49. The predicted octanol–water partition coefficient (Wildman–Crippen LogP) is 2.53. The number of pyridine rings is 1. The third-order valence-electron chi connectivity index (χ3n) is 6.16. The summed E-state index contributed by atoms with van der Waals surface area (Å²) >= 11 is 0. The third kappa shape index (κ3) is 3.82. The molecule has 0 saturated carbocycles. The number of amides is 1. The molecule has 2 aromatic rings. The third-order valence-corrected chi connectivity index (χ3v) is 6.16. The zero-order valence-electron chi connectivity index (χ0n) is 17.1. The first kappa shape index (κ1) is 19.1. The Morgan fingerprint density at radius 2 is 1.93 bits per heavy atom. The Kier molecular flexibility index (Phi) is 5.21. The van der Waals surface area contributed by atoms with Crippen LogP contribution in [0.25, 0.3) is 0 Å². The zero-order chi connectivity index (χ0) is 19.7. The van der Waals surface area contributed by atoms with Gasteiger partial charge in [0.15, 0.2) is 0 Å². The van der Waals surface area contributed by atoms with E-state index in [4.69, 9.17) is 0 Å². The topological polar surface area (TPSA) is 39.7 Å². The van der Waals surface area contributed by atoms with Crippen LogP contribution in [0, 0.1) is 18.3 Å². The Bertz CT molecular complexity index is 820. The van der Waals surface area contributed by atoms with Crippen molar-refractivity contribution in [1.29, 1.82) is 0 Å². The SMILES string of the molecule is Cc1ccc(C(=O)N2C[C@H]3CN(Cc4ccccc4)C[C@@]3(CN(C)C)C2)cn1. The lowest BCUT2D eigenvalue weighted by Crippen LogP contribution is -2.42. The molecule has 0 spiro atoms. The molecule has 4 rings (SSSR count). The second-order valence-electron chi connectivity index (χ2n) is 8.83. The fraction of sp³-hybridized carbons (Fsp3) is 0.478. The molecule has 1 aromatic heterocycles. The molecule has 2 saturated heterocycles. The minimum atomic E-state index is 0.120. The van der Waals surface area contributed by atoms with Crippen LogP contribution in [0.3, 0.4) is 0 Å². The highest BCUT2D eigenvalue weighted by Gasteiger charge is 2.53. The molecular formula is C23H30N4O. The molecule has 2 fully saturated rings. The minimum absolute atomic E-state index is 0.120. The van der Waals surface area contributed by atoms with E-state index in [1.54, 1.807) is 6.20 Å². The van der Waals surface area contributed by atoms with Crippen LogP contribution in [0.4, 0.5) is 0 Å². The van der Waals surface area contributed by atoms with Crippen LogP contribution in [-0.2, 0) is 6.54 Å². The van der Waals surface area contributed by atoms with Crippen LogP contribution in [0.1, 0.15) is 21.6 Å². The lowest BCUT2D eigenvalue weighted by atomic mass is 9.80. The summed E-state index contributed by atoms with van der Waals surface area (Å²) in [5.74, 6) is 0.635. The van der Waals surface area contributed by atoms with E-state index >= 15 is 0 Å². The van der Waals surface area contributed by atoms with Crippen LogP contribution in [0.2, 0.25) is 0 Å². The number of hydrogen-bond donors (Lipinski definition) is 0. The number of carbonyl (C=O) groups is 1. The average Bonchev–Trinajstić information content (AvgIpc) is 3.15. The molecular weight excluding hydrogens is 348 g/mol. The largest absolute Gasteiger partial charge is 0.338 e. The average molecular weight is 379 g/mol. The summed E-state index contributed by atoms with van der Waals surface area (Å²) in [7, 11) is 4.28. The van der Waals surface area contributed by atoms with Crippen molar-refractivity contribution in [2.75, 3.05) is 46.8 Å². The molecule has 0 aliphatic carbocycles. The van der Waals surface area contributed by atoms with E-state index in [9.17, 15) is 4.79 Å². The van der Waals surface area contributed by atoms with E-state index < -0.39 is 0 Å². The van der Waals surface area contributed by atoms with E-state index in [1.165, 1.54) is 5.56 Å². The van der Waals surface area contributed by atoms with Crippen molar-refractivity contribution < 1.29 is 4.79 Å². The van der Waals surface area contributed by atoms with Crippen molar-refractivity contribution in [1.82, 2.24) is 19.7 Å². The van der Waals surface area contributed by atoms with Crippen LogP contribution in [0.15, 0.2) is 48.7 Å². The lowest BCUT2D eigenvalue weighted by molar-refractivity contribution is 0.0747. The summed E-state index contributed by atoms with van der Waals surface area (Å²) in [6.07, 6.45) is 1.71. The van der Waals surface area contributed by atoms with Gasteiger partial charge in [-0.2, -0.15) is 0 Å². The van der Waals surface area contributed by atoms with Gasteiger partial charge in [0.2, 0.25) is 0 Å². The van der Waals surface area contributed by atoms with Gasteiger partial charge in [0.05, 0.1) is 5.56 Å². The molecule has 148 valence electrons. The first-order valence-corrected chi connectivity index (χ1v) is 10.1. The van der Waals surface area contributed by atoms with E-state index in [2.05, 4.69) is 64.1 Å². The molecule has 3 heterocycles. The Morgan fingerprint density at radius 3 is 2.61 bits per heavy atom. The Hall–Kier alpha value is -2.24. The maximum Gasteiger partial charge on any atom is 0.255 e. The molecule has 0 bridgehead atoms. The molecule has 1 amide bonds. The molecule has 0 N–H and O–H groups in total. The van der Waals surface area contributed by atoms with Crippen molar-refractivity contribution in [3.63, 3.8) is 0 Å². The summed E-state index contributed by atoms with van der Waals surface area (Å²) in [4.78, 5) is 24.3. The highest BCUT2D eigenvalue weighted by Crippen LogP contribution is 2.43. The number of aromatic nitrogens is 1. The van der Waals surface area contributed by atoms with Crippen molar-refractivity contribution in [3.05, 3.63) is 65.5 Å². The number of benzene rings is 1. The van der Waals surface area contributed by atoms with E-state index in [0.717, 1.165) is 45.0 Å². The van der Waals surface area contributed by atoms with Crippen LogP contribution >= 0.6 is 0 Å². The fourth-order valence-electron chi connectivity index (χ4n) is 5.04. The molecule has 2 aliphatic heterocycles. The van der Waals surface area contributed by atoms with Gasteiger partial charge in [-0.15, -0.1) is 0 Å². The van der Waals surface area contributed by atoms with Crippen LogP contribution in [0.5, 0.6) is 0 Å². The van der Waals surface area contributed by atoms with E-state index in [1.807, 2.05) is 19.1 Å². The zero-order valence-corrected chi connectivity index (χ0v) is 17.1. The molecule has 0 radical (unpaired) electrons. The van der Waals surface area contributed by atoms with Crippen molar-refractivity contribution in [2.45, 2.75) is 13.5 Å². The van der Waals surface area contributed by atoms with Crippen molar-refractivity contribution in [2.24, 2.45) is 11.3 Å². The standard InChI is InChI=1S/C23H30N4O/c1-18-9-10-20(11-24-18)22(28)27-14-21-13-26(12-19-7-5-4-6-8-19)16-23(21,17-27)15-25(2)3/h4-11,21H,12-17H2,1-3H3/t21-,23+/m1/s1. The number of fused-ring (bicyclic) bond motifs is 1. The van der Waals surface area contributed by atoms with Gasteiger partial charge in [0.25, 0.3) is 5.91 Å².